The minimum Gasteiger partial charge on any atom is -0.478 e. The summed E-state index contributed by atoms with van der Waals surface area (Å²) in [5, 5.41) is 18.8. The summed E-state index contributed by atoms with van der Waals surface area (Å²) in [5.41, 5.74) is 0.921. The summed E-state index contributed by atoms with van der Waals surface area (Å²) in [7, 11) is 1.90. The van der Waals surface area contributed by atoms with Gasteiger partial charge in [0, 0.05) is 13.6 Å². The van der Waals surface area contributed by atoms with Crippen molar-refractivity contribution in [2.75, 3.05) is 13.6 Å². The number of carbonyl (C=O) groups is 1. The summed E-state index contributed by atoms with van der Waals surface area (Å²) in [6, 6.07) is 6.38. The molecular formula is C16H25N3O2. The highest BCUT2D eigenvalue weighted by Crippen LogP contribution is 2.14. The Labute approximate surface area is 126 Å². The van der Waals surface area contributed by atoms with E-state index in [0.717, 1.165) is 13.0 Å². The molecule has 0 radical (unpaired) electrons. The van der Waals surface area contributed by atoms with Gasteiger partial charge in [-0.3, -0.25) is 5.01 Å². The van der Waals surface area contributed by atoms with Crippen molar-refractivity contribution in [3.05, 3.63) is 29.8 Å². The normalized spacial score (nSPS) is 11.0. The standard InChI is InChI=1S/C16H25N3O2/c1-3-4-5-6-7-8-13-19(2)18-17-15-11-9-14(10-12-15)16(20)21/h9-12H,3-8,13H2,1-2H3,(H,20,21). The van der Waals surface area contributed by atoms with Crippen molar-refractivity contribution < 1.29 is 9.90 Å². The molecule has 0 atom stereocenters. The molecule has 0 aliphatic heterocycles. The number of nitrogens with zero attached hydrogens (tertiary/aromatic N) is 3. The molecule has 21 heavy (non-hydrogen) atoms. The van der Waals surface area contributed by atoms with Crippen LogP contribution in [0.4, 0.5) is 5.69 Å². The molecule has 0 spiro atoms. The molecule has 1 aromatic rings. The summed E-state index contributed by atoms with van der Waals surface area (Å²) in [4.78, 5) is 10.7. The zero-order valence-electron chi connectivity index (χ0n) is 13.0. The second-order valence-corrected chi connectivity index (χ2v) is 5.19. The average molecular weight is 291 g/mol. The second kappa shape index (κ2) is 9.91. The largest absolute Gasteiger partial charge is 0.478 e. The Morgan fingerprint density at radius 3 is 2.33 bits per heavy atom. The lowest BCUT2D eigenvalue weighted by Gasteiger charge is -2.10. The van der Waals surface area contributed by atoms with Crippen LogP contribution in [-0.2, 0) is 0 Å². The summed E-state index contributed by atoms with van der Waals surface area (Å²) in [6.07, 6.45) is 7.55. The van der Waals surface area contributed by atoms with Gasteiger partial charge in [0.15, 0.2) is 0 Å². The van der Waals surface area contributed by atoms with Crippen LogP contribution < -0.4 is 0 Å². The topological polar surface area (TPSA) is 65.3 Å². The lowest BCUT2D eigenvalue weighted by atomic mass is 10.1. The number of benzene rings is 1. The van der Waals surface area contributed by atoms with Crippen molar-refractivity contribution in [3.8, 4) is 0 Å². The van der Waals surface area contributed by atoms with Gasteiger partial charge in [-0.2, -0.15) is 0 Å². The first-order valence-corrected chi connectivity index (χ1v) is 7.59. The average Bonchev–Trinajstić information content (AvgIpc) is 2.49. The van der Waals surface area contributed by atoms with Gasteiger partial charge in [0.1, 0.15) is 0 Å². The van der Waals surface area contributed by atoms with Gasteiger partial charge in [-0.1, -0.05) is 44.3 Å². The van der Waals surface area contributed by atoms with Crippen molar-refractivity contribution in [1.29, 1.82) is 0 Å². The highest BCUT2D eigenvalue weighted by molar-refractivity contribution is 5.87. The van der Waals surface area contributed by atoms with E-state index in [1.54, 1.807) is 12.1 Å². The van der Waals surface area contributed by atoms with Gasteiger partial charge >= 0.3 is 5.97 Å². The van der Waals surface area contributed by atoms with Gasteiger partial charge in [0.25, 0.3) is 0 Å². The number of carboxylic acids is 1. The quantitative estimate of drug-likeness (QED) is 0.387. The van der Waals surface area contributed by atoms with Crippen molar-refractivity contribution in [1.82, 2.24) is 5.01 Å². The van der Waals surface area contributed by atoms with Crippen LogP contribution in [0.15, 0.2) is 34.6 Å². The monoisotopic (exact) mass is 291 g/mol. The van der Waals surface area contributed by atoms with Crippen molar-refractivity contribution in [3.63, 3.8) is 0 Å². The van der Waals surface area contributed by atoms with Crippen LogP contribution in [0, 0.1) is 0 Å². The van der Waals surface area contributed by atoms with E-state index in [9.17, 15) is 4.79 Å². The summed E-state index contributed by atoms with van der Waals surface area (Å²) in [6.45, 7) is 3.11. The predicted molar refractivity (Wildman–Crippen MR) is 83.9 cm³/mol. The maximum Gasteiger partial charge on any atom is 0.335 e. The number of carboxylic acid groups (broad SMARTS) is 1. The third kappa shape index (κ3) is 7.44. The highest BCUT2D eigenvalue weighted by atomic mass is 16.4. The predicted octanol–water partition coefficient (Wildman–Crippen LogP) is 4.68. The van der Waals surface area contributed by atoms with Crippen LogP contribution in [0.1, 0.15) is 55.8 Å². The van der Waals surface area contributed by atoms with E-state index in [1.165, 1.54) is 44.2 Å². The molecule has 0 aromatic heterocycles. The number of unbranched alkanes of at least 4 members (excludes halogenated alkanes) is 5. The molecule has 5 heteroatoms. The maximum atomic E-state index is 10.7. The van der Waals surface area contributed by atoms with Gasteiger partial charge in [-0.25, -0.2) is 4.79 Å². The van der Waals surface area contributed by atoms with Crippen LogP contribution in [0.25, 0.3) is 0 Å². The highest BCUT2D eigenvalue weighted by Gasteiger charge is 2.01. The van der Waals surface area contributed by atoms with E-state index in [1.807, 2.05) is 12.1 Å². The molecule has 0 heterocycles. The lowest BCUT2D eigenvalue weighted by Crippen LogP contribution is -2.11. The zero-order valence-corrected chi connectivity index (χ0v) is 13.0. The molecule has 0 saturated carbocycles. The van der Waals surface area contributed by atoms with Gasteiger partial charge in [-0.05, 0) is 30.7 Å². The summed E-state index contributed by atoms with van der Waals surface area (Å²) in [5.74, 6) is -0.932. The second-order valence-electron chi connectivity index (χ2n) is 5.19. The van der Waals surface area contributed by atoms with Crippen LogP contribution >= 0.6 is 0 Å². The molecular weight excluding hydrogens is 266 g/mol. The molecule has 0 aliphatic rings. The van der Waals surface area contributed by atoms with E-state index >= 15 is 0 Å². The molecule has 0 fully saturated rings. The van der Waals surface area contributed by atoms with E-state index < -0.39 is 5.97 Å². The lowest BCUT2D eigenvalue weighted by molar-refractivity contribution is 0.0697. The van der Waals surface area contributed by atoms with Crippen LogP contribution in [0.2, 0.25) is 0 Å². The Morgan fingerprint density at radius 1 is 1.10 bits per heavy atom. The van der Waals surface area contributed by atoms with Crippen molar-refractivity contribution in [2.45, 2.75) is 45.4 Å². The first kappa shape index (κ1) is 17.1. The molecule has 116 valence electrons. The Bertz CT molecular complexity index is 443. The third-order valence-corrected chi connectivity index (χ3v) is 3.26. The smallest absolute Gasteiger partial charge is 0.335 e. The Balaban J connectivity index is 2.26. The Hall–Kier alpha value is -1.91. The molecule has 1 aromatic carbocycles. The fourth-order valence-corrected chi connectivity index (χ4v) is 1.96. The van der Waals surface area contributed by atoms with Crippen LogP contribution in [0.5, 0.6) is 0 Å². The van der Waals surface area contributed by atoms with Crippen LogP contribution in [0.3, 0.4) is 0 Å². The summed E-state index contributed by atoms with van der Waals surface area (Å²) >= 11 is 0. The third-order valence-electron chi connectivity index (χ3n) is 3.26. The van der Waals surface area contributed by atoms with E-state index in [4.69, 9.17) is 5.11 Å². The number of hydrogen-bond acceptors (Lipinski definition) is 3. The van der Waals surface area contributed by atoms with E-state index in [2.05, 4.69) is 17.3 Å². The van der Waals surface area contributed by atoms with Crippen molar-refractivity contribution >= 4 is 11.7 Å². The first-order chi connectivity index (χ1) is 10.1. The molecule has 0 aliphatic carbocycles. The Kier molecular flexibility index (Phi) is 8.09. The zero-order chi connectivity index (χ0) is 15.5. The van der Waals surface area contributed by atoms with E-state index in [-0.39, 0.29) is 5.56 Å². The summed E-state index contributed by atoms with van der Waals surface area (Å²) < 4.78 is 0. The fraction of sp³-hybridized carbons (Fsp3) is 0.562. The molecule has 0 bridgehead atoms. The van der Waals surface area contributed by atoms with E-state index in [0.29, 0.717) is 5.69 Å². The van der Waals surface area contributed by atoms with Gasteiger partial charge < -0.3 is 5.11 Å². The fourth-order valence-electron chi connectivity index (χ4n) is 1.96. The number of aromatic carboxylic acids is 1. The van der Waals surface area contributed by atoms with Crippen LogP contribution in [-0.4, -0.2) is 29.7 Å². The number of rotatable bonds is 10. The maximum absolute atomic E-state index is 10.7. The van der Waals surface area contributed by atoms with Crippen molar-refractivity contribution in [2.24, 2.45) is 10.3 Å². The first-order valence-electron chi connectivity index (χ1n) is 7.59. The van der Waals surface area contributed by atoms with Gasteiger partial charge in [-0.15, -0.1) is 5.11 Å². The minimum absolute atomic E-state index is 0.259. The SMILES string of the molecule is CCCCCCCCN(C)N=Nc1ccc(C(=O)O)cc1. The molecule has 0 saturated heterocycles. The molecule has 1 N–H and O–H groups in total. The number of hydrogen-bond donors (Lipinski definition) is 1. The van der Waals surface area contributed by atoms with Gasteiger partial charge in [0.2, 0.25) is 0 Å². The molecule has 5 nitrogen and oxygen atoms in total. The molecule has 0 amide bonds. The van der Waals surface area contributed by atoms with Gasteiger partial charge in [0.05, 0.1) is 11.3 Å². The molecule has 0 unspecified atom stereocenters. The minimum atomic E-state index is -0.932. The Morgan fingerprint density at radius 2 is 1.71 bits per heavy atom. The molecule has 1 rings (SSSR count).